The lowest BCUT2D eigenvalue weighted by Gasteiger charge is -2.28. The Morgan fingerprint density at radius 1 is 1.24 bits per heavy atom. The molecule has 5 rings (SSSR count). The van der Waals surface area contributed by atoms with Crippen molar-refractivity contribution in [1.29, 1.82) is 0 Å². The van der Waals surface area contributed by atoms with Gasteiger partial charge in [-0.1, -0.05) is 12.1 Å². The van der Waals surface area contributed by atoms with Gasteiger partial charge in [0.15, 0.2) is 16.6 Å². The van der Waals surface area contributed by atoms with Gasteiger partial charge < -0.3 is 34.1 Å². The second-order valence-corrected chi connectivity index (χ2v) is 8.45. The number of H-pyrrole nitrogens is 1. The monoisotopic (exact) mass is 467 g/mol. The van der Waals surface area contributed by atoms with Crippen molar-refractivity contribution in [2.45, 2.75) is 25.5 Å². The highest BCUT2D eigenvalue weighted by molar-refractivity contribution is 7.80. The number of pyridine rings is 1. The molecule has 2 aliphatic heterocycles. The van der Waals surface area contributed by atoms with Gasteiger partial charge in [0.25, 0.3) is 5.56 Å². The number of benzene rings is 2. The van der Waals surface area contributed by atoms with Crippen molar-refractivity contribution in [3.63, 3.8) is 0 Å². The third-order valence-electron chi connectivity index (χ3n) is 5.86. The van der Waals surface area contributed by atoms with E-state index in [2.05, 4.69) is 10.3 Å². The van der Waals surface area contributed by atoms with Crippen molar-refractivity contribution < 1.29 is 18.9 Å². The minimum Gasteiger partial charge on any atom is -0.495 e. The molecular formula is C24H25N3O5S. The standard InChI is InChI=1S/C24H25N3O5S/c1-29-20-7-3-2-6-18(20)26-24(33)27(13-17-5-4-8-30-17)12-16-9-15-10-21-22(32-14-31-21)11-19(15)25-23(16)28/h2-3,6-7,9-11,17H,4-5,8,12-14H2,1H3,(H,25,28)(H,26,33)/t17-/m0/s1. The molecule has 1 atom stereocenters. The molecule has 0 aliphatic carbocycles. The van der Waals surface area contributed by atoms with E-state index in [1.54, 1.807) is 13.2 Å². The van der Waals surface area contributed by atoms with Gasteiger partial charge in [-0.3, -0.25) is 4.79 Å². The number of aromatic nitrogens is 1. The van der Waals surface area contributed by atoms with E-state index in [-0.39, 0.29) is 18.5 Å². The molecule has 0 spiro atoms. The summed E-state index contributed by atoms with van der Waals surface area (Å²) >= 11 is 5.76. The highest BCUT2D eigenvalue weighted by Crippen LogP contribution is 2.35. The van der Waals surface area contributed by atoms with Crippen molar-refractivity contribution in [3.8, 4) is 17.2 Å². The highest BCUT2D eigenvalue weighted by Gasteiger charge is 2.23. The minimum atomic E-state index is -0.168. The summed E-state index contributed by atoms with van der Waals surface area (Å²) in [6.45, 7) is 1.84. The van der Waals surface area contributed by atoms with Crippen LogP contribution in [0.5, 0.6) is 17.2 Å². The van der Waals surface area contributed by atoms with Crippen LogP contribution >= 0.6 is 12.2 Å². The summed E-state index contributed by atoms with van der Waals surface area (Å²) in [5.74, 6) is 2.00. The van der Waals surface area contributed by atoms with Crippen molar-refractivity contribution in [3.05, 3.63) is 58.4 Å². The molecule has 0 saturated carbocycles. The number of nitrogens with one attached hydrogen (secondary N) is 2. The van der Waals surface area contributed by atoms with E-state index >= 15 is 0 Å². The maximum atomic E-state index is 12.9. The van der Waals surface area contributed by atoms with Crippen LogP contribution in [0, 0.1) is 0 Å². The van der Waals surface area contributed by atoms with Crippen LogP contribution in [0.3, 0.4) is 0 Å². The van der Waals surface area contributed by atoms with Crippen LogP contribution in [0.1, 0.15) is 18.4 Å². The lowest BCUT2D eigenvalue weighted by molar-refractivity contribution is 0.0904. The predicted octanol–water partition coefficient (Wildman–Crippen LogP) is 3.64. The number of aromatic amines is 1. The fraction of sp³-hybridized carbons (Fsp3) is 0.333. The summed E-state index contributed by atoms with van der Waals surface area (Å²) in [5.41, 5.74) is 1.90. The first-order chi connectivity index (χ1) is 16.1. The molecule has 3 aromatic rings. The Bertz CT molecular complexity index is 1240. The van der Waals surface area contributed by atoms with Crippen LogP contribution in [0.15, 0.2) is 47.3 Å². The number of anilines is 1. The smallest absolute Gasteiger partial charge is 0.253 e. The van der Waals surface area contributed by atoms with Gasteiger partial charge in [-0.05, 0) is 49.3 Å². The lowest BCUT2D eigenvalue weighted by atomic mass is 10.1. The Balaban J connectivity index is 1.43. The average Bonchev–Trinajstić information content (AvgIpc) is 3.49. The molecule has 2 aromatic carbocycles. The molecule has 0 radical (unpaired) electrons. The number of methoxy groups -OCH3 is 1. The van der Waals surface area contributed by atoms with E-state index < -0.39 is 0 Å². The Morgan fingerprint density at radius 3 is 2.85 bits per heavy atom. The molecule has 172 valence electrons. The SMILES string of the molecule is COc1ccccc1NC(=S)N(Cc1cc2cc3c(cc2[nH]c1=O)OCO3)C[C@@H]1CCCO1. The second kappa shape index (κ2) is 9.29. The van der Waals surface area contributed by atoms with Gasteiger partial charge in [-0.15, -0.1) is 0 Å². The molecule has 0 bridgehead atoms. The van der Waals surface area contributed by atoms with Crippen molar-refractivity contribution in [2.24, 2.45) is 0 Å². The summed E-state index contributed by atoms with van der Waals surface area (Å²) in [7, 11) is 1.62. The fourth-order valence-corrected chi connectivity index (χ4v) is 4.41. The topological polar surface area (TPSA) is 85.1 Å². The van der Waals surface area contributed by atoms with Crippen LogP contribution in [-0.4, -0.2) is 48.2 Å². The number of nitrogens with zero attached hydrogens (tertiary/aromatic N) is 1. The zero-order chi connectivity index (χ0) is 22.8. The summed E-state index contributed by atoms with van der Waals surface area (Å²) in [6, 6.07) is 13.1. The Hall–Kier alpha value is -3.30. The zero-order valence-corrected chi connectivity index (χ0v) is 19.1. The van der Waals surface area contributed by atoms with Gasteiger partial charge in [-0.2, -0.15) is 0 Å². The van der Waals surface area contributed by atoms with Crippen LogP contribution in [0.2, 0.25) is 0 Å². The Kier molecular flexibility index (Phi) is 6.06. The van der Waals surface area contributed by atoms with E-state index in [4.69, 9.17) is 31.2 Å². The molecule has 2 N–H and O–H groups in total. The molecule has 3 heterocycles. The number of hydrogen-bond donors (Lipinski definition) is 2. The minimum absolute atomic E-state index is 0.0655. The second-order valence-electron chi connectivity index (χ2n) is 8.06. The fourth-order valence-electron chi connectivity index (χ4n) is 4.16. The van der Waals surface area contributed by atoms with Crippen molar-refractivity contribution in [1.82, 2.24) is 9.88 Å². The summed E-state index contributed by atoms with van der Waals surface area (Å²) in [6.07, 6.45) is 2.05. The first-order valence-corrected chi connectivity index (χ1v) is 11.3. The van der Waals surface area contributed by atoms with Gasteiger partial charge in [0.2, 0.25) is 6.79 Å². The van der Waals surface area contributed by atoms with Crippen LogP contribution < -0.4 is 25.1 Å². The lowest BCUT2D eigenvalue weighted by Crippen LogP contribution is -2.40. The predicted molar refractivity (Wildman–Crippen MR) is 129 cm³/mol. The molecule has 2 aliphatic rings. The molecule has 8 nitrogen and oxygen atoms in total. The highest BCUT2D eigenvalue weighted by atomic mass is 32.1. The average molecular weight is 468 g/mol. The van der Waals surface area contributed by atoms with E-state index in [1.807, 2.05) is 41.3 Å². The maximum absolute atomic E-state index is 12.9. The summed E-state index contributed by atoms with van der Waals surface area (Å²) < 4.78 is 22.2. The van der Waals surface area contributed by atoms with Gasteiger partial charge in [0.1, 0.15) is 5.75 Å². The number of fused-ring (bicyclic) bond motifs is 2. The van der Waals surface area contributed by atoms with E-state index in [0.29, 0.717) is 46.5 Å². The van der Waals surface area contributed by atoms with Gasteiger partial charge in [-0.25, -0.2) is 0 Å². The number of thiocarbonyl (C=S) groups is 1. The van der Waals surface area contributed by atoms with Crippen LogP contribution in [0.25, 0.3) is 10.9 Å². The van der Waals surface area contributed by atoms with Gasteiger partial charge in [0, 0.05) is 30.2 Å². The third-order valence-corrected chi connectivity index (χ3v) is 6.22. The molecule has 1 saturated heterocycles. The van der Waals surface area contributed by atoms with E-state index in [1.165, 1.54) is 0 Å². The largest absolute Gasteiger partial charge is 0.495 e. The maximum Gasteiger partial charge on any atom is 0.253 e. The van der Waals surface area contributed by atoms with Crippen LogP contribution in [0.4, 0.5) is 5.69 Å². The van der Waals surface area contributed by atoms with Gasteiger partial charge in [0.05, 0.1) is 31.0 Å². The molecule has 0 amide bonds. The number of hydrogen-bond acceptors (Lipinski definition) is 6. The molecule has 1 aromatic heterocycles. The van der Waals surface area contributed by atoms with Gasteiger partial charge >= 0.3 is 0 Å². The summed E-state index contributed by atoms with van der Waals surface area (Å²) in [4.78, 5) is 17.9. The molecular weight excluding hydrogens is 442 g/mol. The molecule has 9 heteroatoms. The van der Waals surface area contributed by atoms with Crippen LogP contribution in [-0.2, 0) is 11.3 Å². The molecule has 0 unspecified atom stereocenters. The normalized spacial score (nSPS) is 16.7. The first kappa shape index (κ1) is 21.5. The molecule has 33 heavy (non-hydrogen) atoms. The van der Waals surface area contributed by atoms with E-state index in [9.17, 15) is 4.79 Å². The first-order valence-electron chi connectivity index (χ1n) is 10.9. The Morgan fingerprint density at radius 2 is 2.06 bits per heavy atom. The number of rotatable bonds is 6. The summed E-state index contributed by atoms with van der Waals surface area (Å²) in [5, 5.41) is 4.64. The number of para-hydroxylation sites is 2. The quantitative estimate of drug-likeness (QED) is 0.532. The molecule has 1 fully saturated rings. The van der Waals surface area contributed by atoms with E-state index in [0.717, 1.165) is 30.5 Å². The van der Waals surface area contributed by atoms with Crippen molar-refractivity contribution in [2.75, 3.05) is 32.4 Å². The Labute approximate surface area is 196 Å². The van der Waals surface area contributed by atoms with Crippen molar-refractivity contribution >= 4 is 33.9 Å². The number of ether oxygens (including phenoxy) is 4. The zero-order valence-electron chi connectivity index (χ0n) is 18.3. The third kappa shape index (κ3) is 4.60.